The lowest BCUT2D eigenvalue weighted by Crippen LogP contribution is -2.16. The maximum Gasteiger partial charge on any atom is 0.240 e. The van der Waals surface area contributed by atoms with Crippen LogP contribution < -0.4 is 5.43 Å². The van der Waals surface area contributed by atoms with Crippen LogP contribution in [0, 0.1) is 0 Å². The largest absolute Gasteiger partial charge is 0.273 e. The molecule has 4 nitrogen and oxygen atoms in total. The first-order valence-corrected chi connectivity index (χ1v) is 7.05. The van der Waals surface area contributed by atoms with Gasteiger partial charge in [0.15, 0.2) is 0 Å². The highest BCUT2D eigenvalue weighted by Crippen LogP contribution is 2.06. The number of hydrogen-bond acceptors (Lipinski definition) is 3. The van der Waals surface area contributed by atoms with Crippen molar-refractivity contribution in [3.8, 4) is 0 Å². The summed E-state index contributed by atoms with van der Waals surface area (Å²) < 4.78 is 0. The van der Waals surface area contributed by atoms with Crippen molar-refractivity contribution in [3.63, 3.8) is 0 Å². The summed E-state index contributed by atoms with van der Waals surface area (Å²) in [7, 11) is 0. The molecule has 1 rings (SSSR count). The molecular weight excluding hydrogens is 238 g/mol. The second-order valence-corrected chi connectivity index (χ2v) is 4.59. The number of hydrogen-bond donors (Lipinski definition) is 1. The van der Waals surface area contributed by atoms with Gasteiger partial charge >= 0.3 is 0 Å². The molecule has 19 heavy (non-hydrogen) atoms. The molecule has 0 atom stereocenters. The van der Waals surface area contributed by atoms with E-state index >= 15 is 0 Å². The van der Waals surface area contributed by atoms with Crippen molar-refractivity contribution in [1.29, 1.82) is 0 Å². The highest BCUT2D eigenvalue weighted by molar-refractivity contribution is 5.82. The fourth-order valence-electron chi connectivity index (χ4n) is 1.75. The molecule has 1 aromatic heterocycles. The molecule has 1 amide bonds. The van der Waals surface area contributed by atoms with Gasteiger partial charge in [-0.25, -0.2) is 5.43 Å². The van der Waals surface area contributed by atoms with Crippen molar-refractivity contribution in [2.45, 2.75) is 51.9 Å². The third kappa shape index (κ3) is 8.08. The molecule has 0 radical (unpaired) electrons. The van der Waals surface area contributed by atoms with Crippen LogP contribution in [0.25, 0.3) is 0 Å². The molecule has 4 heteroatoms. The Balaban J connectivity index is 2.06. The van der Waals surface area contributed by atoms with E-state index in [1.165, 1.54) is 25.7 Å². The fourth-order valence-corrected chi connectivity index (χ4v) is 1.75. The maximum atomic E-state index is 11.5. The predicted molar refractivity (Wildman–Crippen MR) is 78.0 cm³/mol. The van der Waals surface area contributed by atoms with Crippen LogP contribution >= 0.6 is 0 Å². The van der Waals surface area contributed by atoms with Crippen LogP contribution in [0.4, 0.5) is 0 Å². The van der Waals surface area contributed by atoms with Gasteiger partial charge in [-0.1, -0.05) is 39.0 Å². The number of carbonyl (C=O) groups excluding carboxylic acids is 1. The van der Waals surface area contributed by atoms with Crippen LogP contribution in [-0.2, 0) is 4.79 Å². The zero-order valence-corrected chi connectivity index (χ0v) is 11.6. The maximum absolute atomic E-state index is 11.5. The number of hydrazone groups is 1. The average molecular weight is 261 g/mol. The van der Waals surface area contributed by atoms with E-state index in [1.807, 2.05) is 12.1 Å². The molecule has 0 aliphatic heterocycles. The smallest absolute Gasteiger partial charge is 0.240 e. The number of aromatic nitrogens is 1. The lowest BCUT2D eigenvalue weighted by molar-refractivity contribution is -0.121. The average Bonchev–Trinajstić information content (AvgIpc) is 2.44. The summed E-state index contributed by atoms with van der Waals surface area (Å²) >= 11 is 0. The van der Waals surface area contributed by atoms with Crippen molar-refractivity contribution in [2.24, 2.45) is 5.10 Å². The second kappa shape index (κ2) is 10.2. The van der Waals surface area contributed by atoms with Gasteiger partial charge in [0.1, 0.15) is 0 Å². The first-order chi connectivity index (χ1) is 9.33. The van der Waals surface area contributed by atoms with Gasteiger partial charge in [-0.2, -0.15) is 5.10 Å². The Labute approximate surface area is 115 Å². The highest BCUT2D eigenvalue weighted by atomic mass is 16.2. The summed E-state index contributed by atoms with van der Waals surface area (Å²) in [6.07, 6.45) is 12.7. The van der Waals surface area contributed by atoms with Gasteiger partial charge in [0.2, 0.25) is 5.91 Å². The van der Waals surface area contributed by atoms with E-state index in [2.05, 4.69) is 22.4 Å². The molecule has 0 unspecified atom stereocenters. The van der Waals surface area contributed by atoms with Crippen molar-refractivity contribution >= 4 is 12.1 Å². The Morgan fingerprint density at radius 1 is 1.21 bits per heavy atom. The number of amides is 1. The van der Waals surface area contributed by atoms with Crippen molar-refractivity contribution in [2.75, 3.05) is 0 Å². The van der Waals surface area contributed by atoms with Crippen molar-refractivity contribution in [1.82, 2.24) is 10.4 Å². The van der Waals surface area contributed by atoms with Gasteiger partial charge < -0.3 is 0 Å². The van der Waals surface area contributed by atoms with Crippen molar-refractivity contribution < 1.29 is 4.79 Å². The summed E-state index contributed by atoms with van der Waals surface area (Å²) in [6.45, 7) is 2.20. The molecule has 0 fully saturated rings. The molecule has 0 aliphatic rings. The van der Waals surface area contributed by atoms with Crippen LogP contribution in [0.1, 0.15) is 57.4 Å². The number of nitrogens with one attached hydrogen (secondary N) is 1. The fraction of sp³-hybridized carbons (Fsp3) is 0.533. The van der Waals surface area contributed by atoms with Gasteiger partial charge in [-0.05, 0) is 24.1 Å². The standard InChI is InChI=1S/C15H23N3O/c1-2-3-4-5-6-7-8-15(19)18-17-13-14-9-11-16-12-10-14/h9-13H,2-8H2,1H3,(H,18,19). The molecule has 0 aromatic carbocycles. The summed E-state index contributed by atoms with van der Waals surface area (Å²) in [5, 5.41) is 3.92. The summed E-state index contributed by atoms with van der Waals surface area (Å²) in [4.78, 5) is 15.4. The minimum Gasteiger partial charge on any atom is -0.273 e. The third-order valence-corrected chi connectivity index (χ3v) is 2.87. The van der Waals surface area contributed by atoms with E-state index < -0.39 is 0 Å². The van der Waals surface area contributed by atoms with Gasteiger partial charge in [-0.3, -0.25) is 9.78 Å². The molecule has 1 heterocycles. The third-order valence-electron chi connectivity index (χ3n) is 2.87. The van der Waals surface area contributed by atoms with Gasteiger partial charge in [0, 0.05) is 18.8 Å². The molecule has 1 N–H and O–H groups in total. The van der Waals surface area contributed by atoms with Crippen LogP contribution in [0.2, 0.25) is 0 Å². The number of unbranched alkanes of at least 4 members (excludes halogenated alkanes) is 5. The normalized spacial score (nSPS) is 10.8. The van der Waals surface area contributed by atoms with E-state index in [0.29, 0.717) is 6.42 Å². The SMILES string of the molecule is CCCCCCCCC(=O)NN=Cc1ccncc1. The van der Waals surface area contributed by atoms with Crippen LogP contribution in [0.5, 0.6) is 0 Å². The number of nitrogens with zero attached hydrogens (tertiary/aromatic N) is 2. The molecule has 1 aromatic rings. The topological polar surface area (TPSA) is 54.4 Å². The Morgan fingerprint density at radius 3 is 2.63 bits per heavy atom. The van der Waals surface area contributed by atoms with E-state index in [1.54, 1.807) is 18.6 Å². The van der Waals surface area contributed by atoms with Crippen molar-refractivity contribution in [3.05, 3.63) is 30.1 Å². The molecule has 0 saturated heterocycles. The quantitative estimate of drug-likeness (QED) is 0.421. The summed E-state index contributed by atoms with van der Waals surface area (Å²) in [6, 6.07) is 3.67. The van der Waals surface area contributed by atoms with Crippen LogP contribution in [-0.4, -0.2) is 17.1 Å². The Morgan fingerprint density at radius 2 is 1.89 bits per heavy atom. The van der Waals surface area contributed by atoms with Crippen LogP contribution in [0.15, 0.2) is 29.6 Å². The minimum absolute atomic E-state index is 0.0132. The van der Waals surface area contributed by atoms with E-state index in [9.17, 15) is 4.79 Å². The molecule has 104 valence electrons. The van der Waals surface area contributed by atoms with Gasteiger partial charge in [0.05, 0.1) is 6.21 Å². The Hall–Kier alpha value is -1.71. The Kier molecular flexibility index (Phi) is 8.27. The zero-order valence-electron chi connectivity index (χ0n) is 11.6. The first kappa shape index (κ1) is 15.3. The number of carbonyl (C=O) groups is 1. The molecule has 0 saturated carbocycles. The van der Waals surface area contributed by atoms with E-state index in [-0.39, 0.29) is 5.91 Å². The van der Waals surface area contributed by atoms with Gasteiger partial charge in [-0.15, -0.1) is 0 Å². The monoisotopic (exact) mass is 261 g/mol. The molecular formula is C15H23N3O. The van der Waals surface area contributed by atoms with E-state index in [0.717, 1.165) is 18.4 Å². The lowest BCUT2D eigenvalue weighted by atomic mass is 10.1. The first-order valence-electron chi connectivity index (χ1n) is 7.05. The lowest BCUT2D eigenvalue weighted by Gasteiger charge is -2.00. The Bertz CT molecular complexity index is 376. The van der Waals surface area contributed by atoms with Crippen LogP contribution in [0.3, 0.4) is 0 Å². The predicted octanol–water partition coefficient (Wildman–Crippen LogP) is 3.28. The van der Waals surface area contributed by atoms with Gasteiger partial charge in [0.25, 0.3) is 0 Å². The highest BCUT2D eigenvalue weighted by Gasteiger charge is 1.98. The summed E-state index contributed by atoms with van der Waals surface area (Å²) in [5.74, 6) is -0.0132. The minimum atomic E-state index is -0.0132. The second-order valence-electron chi connectivity index (χ2n) is 4.59. The number of pyridine rings is 1. The summed E-state index contributed by atoms with van der Waals surface area (Å²) in [5.41, 5.74) is 3.47. The molecule has 0 aliphatic carbocycles. The number of rotatable bonds is 9. The van der Waals surface area contributed by atoms with E-state index in [4.69, 9.17) is 0 Å². The molecule has 0 bridgehead atoms. The molecule has 0 spiro atoms. The zero-order chi connectivity index (χ0) is 13.8.